The molecule has 0 saturated heterocycles. The van der Waals surface area contributed by atoms with Gasteiger partial charge in [-0.15, -0.1) is 0 Å². The van der Waals surface area contributed by atoms with E-state index in [9.17, 15) is 10.5 Å². The highest BCUT2D eigenvalue weighted by Gasteiger charge is 2.28. The monoisotopic (exact) mass is 967 g/mol. The average molecular weight is 968 g/mol. The molecule has 0 N–H and O–H groups in total. The highest BCUT2D eigenvalue weighted by atomic mass is 16.3. The van der Waals surface area contributed by atoms with Crippen LogP contribution < -0.4 is 9.80 Å². The summed E-state index contributed by atoms with van der Waals surface area (Å²) in [4.78, 5) is 4.54. The van der Waals surface area contributed by atoms with Crippen molar-refractivity contribution >= 4 is 127 Å². The molecule has 0 saturated carbocycles. The number of aromatic nitrogens is 1. The van der Waals surface area contributed by atoms with Crippen molar-refractivity contribution < 1.29 is 8.83 Å². The third kappa shape index (κ3) is 6.58. The van der Waals surface area contributed by atoms with E-state index in [1.54, 1.807) is 0 Å². The number of rotatable bonds is 6. The number of fused-ring (bicyclic) bond motifs is 14. The van der Waals surface area contributed by atoms with Crippen molar-refractivity contribution in [3.8, 4) is 12.1 Å². The van der Waals surface area contributed by atoms with Gasteiger partial charge in [0.25, 0.3) is 0 Å². The van der Waals surface area contributed by atoms with Gasteiger partial charge in [-0.2, -0.15) is 10.5 Å². The van der Waals surface area contributed by atoms with Crippen LogP contribution in [0.5, 0.6) is 0 Å². The van der Waals surface area contributed by atoms with Gasteiger partial charge in [0.15, 0.2) is 11.2 Å². The third-order valence-electron chi connectivity index (χ3n) is 15.4. The Kier molecular flexibility index (Phi) is 9.40. The van der Waals surface area contributed by atoms with Crippen molar-refractivity contribution in [3.63, 3.8) is 0 Å². The molecule has 358 valence electrons. The Hall–Kier alpha value is -9.56. The lowest BCUT2D eigenvalue weighted by Crippen LogP contribution is -2.11. The van der Waals surface area contributed by atoms with Crippen LogP contribution in [0.1, 0.15) is 63.8 Å². The summed E-state index contributed by atoms with van der Waals surface area (Å²) in [6.07, 6.45) is 0. The van der Waals surface area contributed by atoms with E-state index in [0.29, 0.717) is 11.1 Å². The largest absolute Gasteiger partial charge is 0.454 e. The predicted molar refractivity (Wildman–Crippen MR) is 309 cm³/mol. The van der Waals surface area contributed by atoms with Gasteiger partial charge in [0.2, 0.25) is 0 Å². The molecule has 0 unspecified atom stereocenters. The zero-order valence-corrected chi connectivity index (χ0v) is 42.5. The summed E-state index contributed by atoms with van der Waals surface area (Å²) in [5, 5.41) is 30.9. The van der Waals surface area contributed by atoms with Crippen molar-refractivity contribution in [1.29, 1.82) is 10.5 Å². The second kappa shape index (κ2) is 16.0. The lowest BCUT2D eigenvalue weighted by molar-refractivity contribution is 0.572. The Balaban J connectivity index is 1.00. The van der Waals surface area contributed by atoms with Gasteiger partial charge >= 0.3 is 0 Å². The first kappa shape index (κ1) is 44.2. The van der Waals surface area contributed by atoms with E-state index in [1.165, 1.54) is 10.8 Å². The average Bonchev–Trinajstić information content (AvgIpc) is 4.36. The lowest BCUT2D eigenvalue weighted by Gasteiger charge is -2.26. The molecule has 14 aromatic rings. The number of para-hydroxylation sites is 5. The van der Waals surface area contributed by atoms with Crippen LogP contribution in [0.3, 0.4) is 0 Å². The molecule has 7 heteroatoms. The number of hydrogen-bond acceptors (Lipinski definition) is 6. The molecule has 0 aliphatic rings. The van der Waals surface area contributed by atoms with Gasteiger partial charge in [-0.05, 0) is 119 Å². The summed E-state index contributed by atoms with van der Waals surface area (Å²) in [6, 6.07) is 70.6. The molecule has 10 aromatic carbocycles. The zero-order valence-electron chi connectivity index (χ0n) is 42.5. The summed E-state index contributed by atoms with van der Waals surface area (Å²) in [5.41, 5.74) is 15.6. The number of nitrogens with zero attached hydrogens (tertiary/aromatic N) is 5. The normalized spacial score (nSPS) is 12.4. The molecule has 0 atom stereocenters. The molecule has 0 radical (unpaired) electrons. The van der Waals surface area contributed by atoms with E-state index < -0.39 is 0 Å². The number of nitriles is 2. The van der Waals surface area contributed by atoms with Crippen LogP contribution in [0.4, 0.5) is 34.1 Å². The molecule has 7 nitrogen and oxygen atoms in total. The van der Waals surface area contributed by atoms with Gasteiger partial charge in [0, 0.05) is 77.0 Å². The SMILES string of the molecule is CC(C)(C)c1cccc2c1oc1c(N(c3ccc(C#N)cc3)c3ccc4cc5c6ccc(N(c7ccc(C#N)cc7)c7cccc8c7oc7c(C(C)(C)C)cccc78)cc6n6c7ccccc7c(c4c3)c56)cccc12. The summed E-state index contributed by atoms with van der Waals surface area (Å²) in [6.45, 7) is 13.4. The molecule has 14 rings (SSSR count). The molecule has 0 aliphatic carbocycles. The molecule has 0 bridgehead atoms. The summed E-state index contributed by atoms with van der Waals surface area (Å²) in [5.74, 6) is 0. The van der Waals surface area contributed by atoms with Gasteiger partial charge < -0.3 is 23.0 Å². The molecule has 0 spiro atoms. The molecular formula is C68H49N5O2. The maximum Gasteiger partial charge on any atom is 0.159 e. The van der Waals surface area contributed by atoms with Crippen molar-refractivity contribution in [1.82, 2.24) is 4.40 Å². The third-order valence-corrected chi connectivity index (χ3v) is 15.4. The van der Waals surface area contributed by atoms with Crippen LogP contribution in [-0.2, 0) is 10.8 Å². The fourth-order valence-corrected chi connectivity index (χ4v) is 11.9. The Bertz CT molecular complexity index is 4540. The number of furan rings is 2. The van der Waals surface area contributed by atoms with Crippen LogP contribution >= 0.6 is 0 Å². The highest BCUT2D eigenvalue weighted by Crippen LogP contribution is 2.50. The van der Waals surface area contributed by atoms with Crippen molar-refractivity contribution in [2.45, 2.75) is 52.4 Å². The van der Waals surface area contributed by atoms with Crippen LogP contribution in [0.25, 0.3) is 92.7 Å². The lowest BCUT2D eigenvalue weighted by atomic mass is 9.86. The van der Waals surface area contributed by atoms with Gasteiger partial charge in [-0.3, -0.25) is 0 Å². The standard InChI is InChI=1S/C68H49N5O2/c1-67(2,3)55-18-9-14-48-50-16-11-21-58(65(50)74-63(48)55)71(43-28-23-40(38-69)24-29-43)45-32-27-42-35-54-47-34-33-46(37-60(47)73-57-20-8-7-13-52(57)61(62(54)73)53(42)36-45)72(44-30-25-41(39-70)26-31-44)59-22-12-17-51-49-15-10-19-56(68(4,5)6)64(49)75-66(51)59/h7-37H,1-6H3. The quantitative estimate of drug-likeness (QED) is 0.165. The highest BCUT2D eigenvalue weighted by molar-refractivity contribution is 6.32. The minimum Gasteiger partial charge on any atom is -0.454 e. The van der Waals surface area contributed by atoms with E-state index in [2.05, 4.69) is 207 Å². The van der Waals surface area contributed by atoms with Crippen molar-refractivity contribution in [2.24, 2.45) is 0 Å². The molecular weight excluding hydrogens is 919 g/mol. The van der Waals surface area contributed by atoms with Gasteiger partial charge in [0.05, 0.1) is 51.2 Å². The first-order chi connectivity index (χ1) is 36.4. The van der Waals surface area contributed by atoms with Crippen molar-refractivity contribution in [2.75, 3.05) is 9.80 Å². The molecule has 0 aliphatic heterocycles. The van der Waals surface area contributed by atoms with Gasteiger partial charge in [-0.25, -0.2) is 0 Å². The van der Waals surface area contributed by atoms with Gasteiger partial charge in [-0.1, -0.05) is 133 Å². The van der Waals surface area contributed by atoms with Crippen LogP contribution in [0, 0.1) is 22.7 Å². The van der Waals surface area contributed by atoms with E-state index in [-0.39, 0.29) is 10.8 Å². The van der Waals surface area contributed by atoms with Gasteiger partial charge in [0.1, 0.15) is 11.2 Å². The van der Waals surface area contributed by atoms with Crippen LogP contribution in [0.15, 0.2) is 197 Å². The summed E-state index contributed by atoms with van der Waals surface area (Å²) < 4.78 is 16.5. The number of hydrogen-bond donors (Lipinski definition) is 0. The molecule has 0 amide bonds. The zero-order chi connectivity index (χ0) is 51.1. The van der Waals surface area contributed by atoms with Crippen LogP contribution in [-0.4, -0.2) is 4.40 Å². The van der Waals surface area contributed by atoms with Crippen LogP contribution in [0.2, 0.25) is 0 Å². The molecule has 4 heterocycles. The molecule has 4 aromatic heterocycles. The van der Waals surface area contributed by atoms with E-state index in [0.717, 1.165) is 127 Å². The van der Waals surface area contributed by atoms with E-state index in [1.807, 2.05) is 48.5 Å². The second-order valence-electron chi connectivity index (χ2n) is 22.0. The first-order valence-electron chi connectivity index (χ1n) is 25.5. The number of anilines is 6. The summed E-state index contributed by atoms with van der Waals surface area (Å²) in [7, 11) is 0. The fourth-order valence-electron chi connectivity index (χ4n) is 11.9. The Morgan fingerprint density at radius 3 is 1.39 bits per heavy atom. The topological polar surface area (TPSA) is 84.8 Å². The molecule has 0 fully saturated rings. The predicted octanol–water partition coefficient (Wildman–Crippen LogP) is 19.1. The smallest absolute Gasteiger partial charge is 0.159 e. The fraction of sp³-hybridized carbons (Fsp3) is 0.118. The van der Waals surface area contributed by atoms with Crippen molar-refractivity contribution in [3.05, 3.63) is 210 Å². The second-order valence-corrected chi connectivity index (χ2v) is 22.0. The first-order valence-corrected chi connectivity index (χ1v) is 25.5. The number of benzene rings is 10. The Morgan fingerprint density at radius 2 is 0.853 bits per heavy atom. The van der Waals surface area contributed by atoms with E-state index in [4.69, 9.17) is 8.83 Å². The summed E-state index contributed by atoms with van der Waals surface area (Å²) >= 11 is 0. The minimum atomic E-state index is -0.127. The minimum absolute atomic E-state index is 0.127. The molecule has 75 heavy (non-hydrogen) atoms. The maximum atomic E-state index is 9.88. The Labute approximate surface area is 433 Å². The van der Waals surface area contributed by atoms with E-state index >= 15 is 0 Å². The maximum absolute atomic E-state index is 9.88. The Morgan fingerprint density at radius 1 is 0.387 bits per heavy atom.